The van der Waals surface area contributed by atoms with Crippen LogP contribution in [-0.2, 0) is 4.79 Å². The minimum Gasteiger partial charge on any atom is -0.491 e. The molecule has 0 saturated carbocycles. The number of aldehydes is 1. The molecule has 1 heterocycles. The summed E-state index contributed by atoms with van der Waals surface area (Å²) in [6, 6.07) is 4.49. The minimum absolute atomic E-state index is 0.0154. The third-order valence-corrected chi connectivity index (χ3v) is 3.50. The maximum atomic E-state index is 11.2. The fourth-order valence-electron chi connectivity index (χ4n) is 2.60. The lowest BCUT2D eigenvalue weighted by molar-refractivity contribution is -0.384. The van der Waals surface area contributed by atoms with Crippen molar-refractivity contribution < 1.29 is 14.5 Å². The number of benzene rings is 1. The first-order valence-electron chi connectivity index (χ1n) is 7.19. The van der Waals surface area contributed by atoms with E-state index < -0.39 is 4.92 Å². The Morgan fingerprint density at radius 2 is 2.14 bits per heavy atom. The van der Waals surface area contributed by atoms with Gasteiger partial charge in [-0.3, -0.25) is 10.1 Å². The Balaban J connectivity index is 2.38. The van der Waals surface area contributed by atoms with E-state index in [0.29, 0.717) is 11.4 Å². The molecule has 21 heavy (non-hydrogen) atoms. The fourth-order valence-corrected chi connectivity index (χ4v) is 2.60. The monoisotopic (exact) mass is 292 g/mol. The highest BCUT2D eigenvalue weighted by Crippen LogP contribution is 2.32. The van der Waals surface area contributed by atoms with Crippen LogP contribution >= 0.6 is 0 Å². The van der Waals surface area contributed by atoms with E-state index in [1.807, 2.05) is 18.7 Å². The van der Waals surface area contributed by atoms with Crippen LogP contribution in [-0.4, -0.2) is 29.9 Å². The number of nitro groups is 1. The summed E-state index contributed by atoms with van der Waals surface area (Å²) in [7, 11) is 0. The van der Waals surface area contributed by atoms with Crippen LogP contribution in [0.15, 0.2) is 18.2 Å². The molecule has 1 aromatic carbocycles. The third kappa shape index (κ3) is 3.71. The molecule has 6 nitrogen and oxygen atoms in total. The molecule has 0 amide bonds. The van der Waals surface area contributed by atoms with Crippen LogP contribution in [0, 0.1) is 10.1 Å². The van der Waals surface area contributed by atoms with Crippen LogP contribution in [0.1, 0.15) is 33.1 Å². The van der Waals surface area contributed by atoms with Gasteiger partial charge in [-0.2, -0.15) is 0 Å². The molecule has 1 atom stereocenters. The number of non-ortho nitro benzene ring substituents is 1. The van der Waals surface area contributed by atoms with E-state index in [2.05, 4.69) is 0 Å². The van der Waals surface area contributed by atoms with Gasteiger partial charge in [0, 0.05) is 24.4 Å². The molecule has 0 radical (unpaired) electrons. The van der Waals surface area contributed by atoms with Crippen molar-refractivity contribution >= 4 is 17.7 Å². The smallest absolute Gasteiger partial charge is 0.275 e. The molecule has 1 aliphatic rings. The summed E-state index contributed by atoms with van der Waals surface area (Å²) >= 11 is 0. The predicted molar refractivity (Wildman–Crippen MR) is 79.9 cm³/mol. The first-order valence-corrected chi connectivity index (χ1v) is 7.19. The van der Waals surface area contributed by atoms with Crippen molar-refractivity contribution in [2.75, 3.05) is 11.4 Å². The standard InChI is InChI=1S/C15H20N2O4/c1-11(2)21-15-8-13(7-14(9-15)17(19)20)16-6-4-3-5-12(16)10-18/h7-12H,3-6H2,1-2H3. The van der Waals surface area contributed by atoms with E-state index in [4.69, 9.17) is 4.74 Å². The van der Waals surface area contributed by atoms with Gasteiger partial charge in [0.2, 0.25) is 0 Å². The van der Waals surface area contributed by atoms with Gasteiger partial charge in [-0.05, 0) is 33.1 Å². The quantitative estimate of drug-likeness (QED) is 0.474. The maximum Gasteiger partial charge on any atom is 0.275 e. The van der Waals surface area contributed by atoms with Crippen LogP contribution in [0.2, 0.25) is 0 Å². The van der Waals surface area contributed by atoms with Crippen molar-refractivity contribution in [3.05, 3.63) is 28.3 Å². The Morgan fingerprint density at radius 3 is 2.76 bits per heavy atom. The van der Waals surface area contributed by atoms with Gasteiger partial charge >= 0.3 is 0 Å². The summed E-state index contributed by atoms with van der Waals surface area (Å²) in [6.45, 7) is 4.47. The third-order valence-electron chi connectivity index (χ3n) is 3.50. The highest BCUT2D eigenvalue weighted by atomic mass is 16.6. The van der Waals surface area contributed by atoms with E-state index in [9.17, 15) is 14.9 Å². The number of piperidine rings is 1. The van der Waals surface area contributed by atoms with Crippen molar-refractivity contribution in [3.8, 4) is 5.75 Å². The highest BCUT2D eigenvalue weighted by Gasteiger charge is 2.24. The number of carbonyl (C=O) groups excluding carboxylic acids is 1. The second kappa shape index (κ2) is 6.56. The molecule has 1 unspecified atom stereocenters. The number of hydrogen-bond donors (Lipinski definition) is 0. The van der Waals surface area contributed by atoms with Gasteiger partial charge in [-0.1, -0.05) is 0 Å². The van der Waals surface area contributed by atoms with Gasteiger partial charge in [-0.15, -0.1) is 0 Å². The Bertz CT molecular complexity index is 530. The molecule has 0 aromatic heterocycles. The summed E-state index contributed by atoms with van der Waals surface area (Å²) in [5.41, 5.74) is 0.662. The lowest BCUT2D eigenvalue weighted by atomic mass is 10.0. The number of nitro benzene ring substituents is 1. The fraction of sp³-hybridized carbons (Fsp3) is 0.533. The van der Waals surface area contributed by atoms with Crippen LogP contribution in [0.4, 0.5) is 11.4 Å². The number of nitrogens with zero attached hydrogens (tertiary/aromatic N) is 2. The number of hydrogen-bond acceptors (Lipinski definition) is 5. The molecule has 0 aliphatic carbocycles. The van der Waals surface area contributed by atoms with Crippen LogP contribution < -0.4 is 9.64 Å². The van der Waals surface area contributed by atoms with Crippen LogP contribution in [0.3, 0.4) is 0 Å². The summed E-state index contributed by atoms with van der Waals surface area (Å²) in [6.07, 6.45) is 3.62. The second-order valence-corrected chi connectivity index (χ2v) is 5.50. The predicted octanol–water partition coefficient (Wildman–Crippen LogP) is 2.94. The lowest BCUT2D eigenvalue weighted by Crippen LogP contribution is -2.40. The zero-order valence-corrected chi connectivity index (χ0v) is 12.3. The molecule has 1 aromatic rings. The second-order valence-electron chi connectivity index (χ2n) is 5.50. The molecule has 1 fully saturated rings. The summed E-state index contributed by atoms with van der Waals surface area (Å²) in [5, 5.41) is 11.1. The molecular weight excluding hydrogens is 272 g/mol. The van der Waals surface area contributed by atoms with Crippen molar-refractivity contribution in [1.29, 1.82) is 0 Å². The van der Waals surface area contributed by atoms with Gasteiger partial charge in [-0.25, -0.2) is 0 Å². The molecule has 6 heteroatoms. The Kier molecular flexibility index (Phi) is 4.77. The molecule has 1 aliphatic heterocycles. The van der Waals surface area contributed by atoms with Gasteiger partial charge in [0.15, 0.2) is 0 Å². The highest BCUT2D eigenvalue weighted by molar-refractivity contribution is 5.69. The van der Waals surface area contributed by atoms with Crippen molar-refractivity contribution in [2.45, 2.75) is 45.3 Å². The summed E-state index contributed by atoms with van der Waals surface area (Å²) < 4.78 is 5.59. The Hall–Kier alpha value is -2.11. The number of ether oxygens (including phenoxy) is 1. The van der Waals surface area contributed by atoms with Gasteiger partial charge in [0.05, 0.1) is 23.1 Å². The molecule has 114 valence electrons. The number of carbonyl (C=O) groups is 1. The topological polar surface area (TPSA) is 72.7 Å². The SMILES string of the molecule is CC(C)Oc1cc(N2CCCCC2C=O)cc([N+](=O)[O-])c1. The Labute approximate surface area is 123 Å². The van der Waals surface area contributed by atoms with Crippen molar-refractivity contribution in [3.63, 3.8) is 0 Å². The lowest BCUT2D eigenvalue weighted by Gasteiger charge is -2.34. The summed E-state index contributed by atoms with van der Waals surface area (Å²) in [5.74, 6) is 0.462. The maximum absolute atomic E-state index is 11.2. The van der Waals surface area contributed by atoms with Crippen LogP contribution in [0.25, 0.3) is 0 Å². The van der Waals surface area contributed by atoms with E-state index in [0.717, 1.165) is 32.1 Å². The molecule has 0 spiro atoms. The molecule has 1 saturated heterocycles. The van der Waals surface area contributed by atoms with E-state index in [-0.39, 0.29) is 17.8 Å². The van der Waals surface area contributed by atoms with E-state index >= 15 is 0 Å². The average Bonchev–Trinajstić information content (AvgIpc) is 2.46. The summed E-state index contributed by atoms with van der Waals surface area (Å²) in [4.78, 5) is 23.8. The first kappa shape index (κ1) is 15.3. The van der Waals surface area contributed by atoms with Gasteiger partial charge < -0.3 is 14.4 Å². The van der Waals surface area contributed by atoms with Crippen molar-refractivity contribution in [2.24, 2.45) is 0 Å². The van der Waals surface area contributed by atoms with E-state index in [1.165, 1.54) is 12.1 Å². The Morgan fingerprint density at radius 1 is 1.38 bits per heavy atom. The number of anilines is 1. The molecule has 2 rings (SSSR count). The van der Waals surface area contributed by atoms with E-state index in [1.54, 1.807) is 6.07 Å². The zero-order chi connectivity index (χ0) is 15.4. The molecule has 0 N–H and O–H groups in total. The normalized spacial score (nSPS) is 18.6. The van der Waals surface area contributed by atoms with Gasteiger partial charge in [0.25, 0.3) is 5.69 Å². The largest absolute Gasteiger partial charge is 0.491 e. The van der Waals surface area contributed by atoms with Gasteiger partial charge in [0.1, 0.15) is 12.0 Å². The minimum atomic E-state index is -0.434. The molecule has 0 bridgehead atoms. The molecular formula is C15H20N2O4. The zero-order valence-electron chi connectivity index (χ0n) is 12.3. The van der Waals surface area contributed by atoms with Crippen molar-refractivity contribution in [1.82, 2.24) is 0 Å². The first-order chi connectivity index (χ1) is 10.0. The number of rotatable bonds is 5. The van der Waals surface area contributed by atoms with Crippen LogP contribution in [0.5, 0.6) is 5.75 Å². The average molecular weight is 292 g/mol.